The predicted octanol–water partition coefficient (Wildman–Crippen LogP) is 1.66. The Bertz CT molecular complexity index is 309. The molecule has 0 unspecified atom stereocenters. The summed E-state index contributed by atoms with van der Waals surface area (Å²) in [4.78, 5) is 0. The van der Waals surface area contributed by atoms with E-state index in [0.29, 0.717) is 6.61 Å². The van der Waals surface area contributed by atoms with E-state index in [4.69, 9.17) is 4.43 Å². The van der Waals surface area contributed by atoms with Gasteiger partial charge in [0.1, 0.15) is 0 Å². The molecule has 0 saturated heterocycles. The Hall–Kier alpha value is -1.04. The van der Waals surface area contributed by atoms with Gasteiger partial charge in [-0.15, -0.1) is 5.92 Å². The summed E-state index contributed by atoms with van der Waals surface area (Å²) in [6.45, 7) is 2.37. The normalized spacial score (nSPS) is 8.83. The highest BCUT2D eigenvalue weighted by Gasteiger charge is 1.95. The van der Waals surface area contributed by atoms with Gasteiger partial charge in [-0.2, -0.15) is 0 Å². The van der Waals surface area contributed by atoms with Gasteiger partial charge < -0.3 is 4.43 Å². The molecule has 0 fully saturated rings. The Labute approximate surface area is 76.3 Å². The molecular weight excluding hydrogens is 164 g/mol. The van der Waals surface area contributed by atoms with Gasteiger partial charge in [-0.05, 0) is 18.6 Å². The Balaban J connectivity index is 2.97. The van der Waals surface area contributed by atoms with Crippen molar-refractivity contribution in [1.82, 2.24) is 0 Å². The lowest BCUT2D eigenvalue weighted by molar-refractivity contribution is 0.338. The van der Waals surface area contributed by atoms with Crippen molar-refractivity contribution in [3.63, 3.8) is 0 Å². The van der Waals surface area contributed by atoms with Crippen LogP contribution in [0.15, 0.2) is 24.3 Å². The third-order valence-corrected chi connectivity index (χ3v) is 1.65. The Morgan fingerprint density at radius 3 is 2.83 bits per heavy atom. The summed E-state index contributed by atoms with van der Waals surface area (Å²) in [5.41, 5.74) is 2.13. The number of hydrogen-bond donors (Lipinski definition) is 0. The lowest BCUT2D eigenvalue weighted by Gasteiger charge is -2.01. The fourth-order valence-corrected chi connectivity index (χ4v) is 1.14. The minimum Gasteiger partial charge on any atom is -0.414 e. The molecule has 0 aliphatic carbocycles. The number of hydrogen-bond acceptors (Lipinski definition) is 1. The molecule has 1 aromatic carbocycles. The van der Waals surface area contributed by atoms with Gasteiger partial charge in [0.2, 0.25) is 10.5 Å². The van der Waals surface area contributed by atoms with E-state index in [1.54, 1.807) is 0 Å². The summed E-state index contributed by atoms with van der Waals surface area (Å²) >= 11 is 0. The second-order valence-electron chi connectivity index (χ2n) is 2.32. The van der Waals surface area contributed by atoms with Crippen LogP contribution in [-0.2, 0) is 11.0 Å². The molecule has 0 spiro atoms. The average molecular weight is 173 g/mol. The summed E-state index contributed by atoms with van der Waals surface area (Å²) in [6.07, 6.45) is 0. The third kappa shape index (κ3) is 2.23. The zero-order valence-corrected chi connectivity index (χ0v) is 7.92. The first-order chi connectivity index (χ1) is 5.88. The molecule has 1 nitrogen and oxygen atoms in total. The maximum atomic E-state index is 4.85. The highest BCUT2D eigenvalue weighted by atomic mass is 28.2. The molecule has 0 aliphatic heterocycles. The van der Waals surface area contributed by atoms with Crippen molar-refractivity contribution in [2.24, 2.45) is 0 Å². The van der Waals surface area contributed by atoms with Gasteiger partial charge in [-0.1, -0.05) is 24.1 Å². The zero-order valence-electron chi connectivity index (χ0n) is 6.92. The topological polar surface area (TPSA) is 9.23 Å². The van der Waals surface area contributed by atoms with Crippen LogP contribution in [0.3, 0.4) is 0 Å². The highest BCUT2D eigenvalue weighted by Crippen LogP contribution is 2.07. The van der Waals surface area contributed by atoms with Crippen LogP contribution in [0.25, 0.3) is 0 Å². The molecule has 0 saturated carbocycles. The average Bonchev–Trinajstić information content (AvgIpc) is 2.09. The van der Waals surface area contributed by atoms with E-state index in [0.717, 1.165) is 11.1 Å². The molecule has 0 amide bonds. The van der Waals surface area contributed by atoms with Crippen LogP contribution in [0.1, 0.15) is 18.1 Å². The van der Waals surface area contributed by atoms with Crippen molar-refractivity contribution in [1.29, 1.82) is 0 Å². The minimum absolute atomic E-state index is 0.543. The minimum atomic E-state index is 0.543. The van der Waals surface area contributed by atoms with Crippen LogP contribution in [0.2, 0.25) is 0 Å². The van der Waals surface area contributed by atoms with Gasteiger partial charge in [-0.3, -0.25) is 0 Å². The molecule has 59 valence electrons. The highest BCUT2D eigenvalue weighted by molar-refractivity contribution is 5.97. The fourth-order valence-electron chi connectivity index (χ4n) is 0.981. The molecule has 0 atom stereocenters. The molecule has 1 aromatic rings. The molecular formula is C10H9OSi. The number of rotatable bonds is 2. The largest absolute Gasteiger partial charge is 0.414 e. The van der Waals surface area contributed by atoms with Gasteiger partial charge in [0.15, 0.2) is 0 Å². The van der Waals surface area contributed by atoms with E-state index in [-0.39, 0.29) is 0 Å². The first-order valence-corrected chi connectivity index (χ1v) is 4.08. The maximum absolute atomic E-state index is 4.85. The SMILES string of the molecule is CC#Cc1ccccc1CO[Si]. The van der Waals surface area contributed by atoms with Gasteiger partial charge in [0, 0.05) is 5.56 Å². The zero-order chi connectivity index (χ0) is 8.81. The predicted molar refractivity (Wildman–Crippen MR) is 49.5 cm³/mol. The van der Waals surface area contributed by atoms with E-state index < -0.39 is 0 Å². The summed E-state index contributed by atoms with van der Waals surface area (Å²) in [6, 6.07) is 7.93. The van der Waals surface area contributed by atoms with E-state index in [1.165, 1.54) is 0 Å². The molecule has 0 heterocycles. The first kappa shape index (κ1) is 9.05. The molecule has 0 aromatic heterocycles. The van der Waals surface area contributed by atoms with Crippen LogP contribution in [0.4, 0.5) is 0 Å². The molecule has 0 aliphatic rings. The lowest BCUT2D eigenvalue weighted by Crippen LogP contribution is -1.91. The number of benzene rings is 1. The lowest BCUT2D eigenvalue weighted by atomic mass is 10.1. The summed E-state index contributed by atoms with van der Waals surface area (Å²) in [5.74, 6) is 5.87. The van der Waals surface area contributed by atoms with Crippen molar-refractivity contribution >= 4 is 10.5 Å². The van der Waals surface area contributed by atoms with Crippen molar-refractivity contribution in [2.75, 3.05) is 0 Å². The van der Waals surface area contributed by atoms with Crippen LogP contribution >= 0.6 is 0 Å². The molecule has 12 heavy (non-hydrogen) atoms. The summed E-state index contributed by atoms with van der Waals surface area (Å²) in [5, 5.41) is 0. The van der Waals surface area contributed by atoms with Gasteiger partial charge >= 0.3 is 0 Å². The summed E-state index contributed by atoms with van der Waals surface area (Å²) < 4.78 is 4.85. The summed E-state index contributed by atoms with van der Waals surface area (Å²) in [7, 11) is 2.97. The monoisotopic (exact) mass is 173 g/mol. The van der Waals surface area contributed by atoms with E-state index in [1.807, 2.05) is 31.2 Å². The second-order valence-corrected chi connectivity index (χ2v) is 2.61. The van der Waals surface area contributed by atoms with Crippen LogP contribution in [-0.4, -0.2) is 10.5 Å². The Morgan fingerprint density at radius 2 is 2.17 bits per heavy atom. The quantitative estimate of drug-likeness (QED) is 0.488. The van der Waals surface area contributed by atoms with Crippen LogP contribution < -0.4 is 0 Å². The second kappa shape index (κ2) is 4.76. The van der Waals surface area contributed by atoms with Crippen LogP contribution in [0.5, 0.6) is 0 Å². The fraction of sp³-hybridized carbons (Fsp3) is 0.200. The smallest absolute Gasteiger partial charge is 0.246 e. The van der Waals surface area contributed by atoms with E-state index in [2.05, 4.69) is 22.3 Å². The molecule has 0 bridgehead atoms. The molecule has 1 rings (SSSR count). The Morgan fingerprint density at radius 1 is 1.42 bits per heavy atom. The van der Waals surface area contributed by atoms with Gasteiger partial charge in [-0.25, -0.2) is 0 Å². The molecule has 3 radical (unpaired) electrons. The Kier molecular flexibility index (Phi) is 3.59. The van der Waals surface area contributed by atoms with Crippen molar-refractivity contribution < 1.29 is 4.43 Å². The third-order valence-electron chi connectivity index (χ3n) is 1.50. The van der Waals surface area contributed by atoms with Crippen molar-refractivity contribution in [3.05, 3.63) is 35.4 Å². The van der Waals surface area contributed by atoms with Gasteiger partial charge in [0.25, 0.3) is 0 Å². The van der Waals surface area contributed by atoms with Gasteiger partial charge in [0.05, 0.1) is 6.61 Å². The first-order valence-electron chi connectivity index (χ1n) is 3.67. The molecule has 0 N–H and O–H groups in total. The standard InChI is InChI=1S/C10H9OSi/c1-2-5-9-6-3-4-7-10(9)8-11-12/h3-4,6-7H,8H2,1H3. The van der Waals surface area contributed by atoms with E-state index in [9.17, 15) is 0 Å². The van der Waals surface area contributed by atoms with E-state index >= 15 is 0 Å². The van der Waals surface area contributed by atoms with Crippen LogP contribution in [0, 0.1) is 11.8 Å². The maximum Gasteiger partial charge on any atom is 0.246 e. The van der Waals surface area contributed by atoms with Crippen molar-refractivity contribution in [3.8, 4) is 11.8 Å². The molecule has 2 heteroatoms. The van der Waals surface area contributed by atoms with Crippen molar-refractivity contribution in [2.45, 2.75) is 13.5 Å².